The molecule has 4 nitrogen and oxygen atoms in total. The summed E-state index contributed by atoms with van der Waals surface area (Å²) in [5, 5.41) is 1.98. The number of benzene rings is 1. The van der Waals surface area contributed by atoms with Crippen molar-refractivity contribution in [1.29, 1.82) is 0 Å². The molecule has 0 aromatic heterocycles. The van der Waals surface area contributed by atoms with Crippen LogP contribution in [0.2, 0.25) is 0 Å². The van der Waals surface area contributed by atoms with E-state index < -0.39 is 29.0 Å². The van der Waals surface area contributed by atoms with Crippen LogP contribution in [-0.2, 0) is 4.79 Å². The van der Waals surface area contributed by atoms with Gasteiger partial charge in [0.05, 0.1) is 12.7 Å². The SMILES string of the molecule is COc1c(C=O)cc(F)c(NC(C)=O)c1F. The first-order valence-electron chi connectivity index (χ1n) is 4.30. The lowest BCUT2D eigenvalue weighted by molar-refractivity contribution is -0.114. The number of methoxy groups -OCH3 is 1. The van der Waals surface area contributed by atoms with Crippen molar-refractivity contribution in [3.8, 4) is 5.75 Å². The molecule has 1 rings (SSSR count). The van der Waals surface area contributed by atoms with Crippen molar-refractivity contribution in [2.75, 3.05) is 12.4 Å². The van der Waals surface area contributed by atoms with Crippen LogP contribution < -0.4 is 10.1 Å². The van der Waals surface area contributed by atoms with E-state index in [-0.39, 0.29) is 11.8 Å². The Labute approximate surface area is 90.2 Å². The lowest BCUT2D eigenvalue weighted by atomic mass is 10.1. The van der Waals surface area contributed by atoms with E-state index in [1.165, 1.54) is 0 Å². The van der Waals surface area contributed by atoms with Crippen molar-refractivity contribution >= 4 is 17.9 Å². The Balaban J connectivity index is 3.40. The van der Waals surface area contributed by atoms with Gasteiger partial charge in [-0.05, 0) is 6.07 Å². The summed E-state index contributed by atoms with van der Waals surface area (Å²) in [6.07, 6.45) is 0.266. The first kappa shape index (κ1) is 12.1. The van der Waals surface area contributed by atoms with Gasteiger partial charge in [-0.1, -0.05) is 0 Å². The maximum Gasteiger partial charge on any atom is 0.221 e. The molecule has 0 saturated carbocycles. The monoisotopic (exact) mass is 229 g/mol. The summed E-state index contributed by atoms with van der Waals surface area (Å²) >= 11 is 0. The summed E-state index contributed by atoms with van der Waals surface area (Å²) in [6.45, 7) is 1.11. The molecule has 86 valence electrons. The highest BCUT2D eigenvalue weighted by atomic mass is 19.1. The number of hydrogen-bond donors (Lipinski definition) is 1. The van der Waals surface area contributed by atoms with E-state index in [1.54, 1.807) is 0 Å². The second-order valence-corrected chi connectivity index (χ2v) is 2.97. The smallest absolute Gasteiger partial charge is 0.221 e. The summed E-state index contributed by atoms with van der Waals surface area (Å²) in [5.74, 6) is -3.17. The Kier molecular flexibility index (Phi) is 3.55. The Hall–Kier alpha value is -1.98. The number of halogens is 2. The Morgan fingerprint density at radius 1 is 1.50 bits per heavy atom. The van der Waals surface area contributed by atoms with Crippen LogP contribution in [0.5, 0.6) is 5.75 Å². The largest absolute Gasteiger partial charge is 0.493 e. The van der Waals surface area contributed by atoms with Gasteiger partial charge >= 0.3 is 0 Å². The minimum absolute atomic E-state index is 0.258. The van der Waals surface area contributed by atoms with E-state index in [1.807, 2.05) is 5.32 Å². The Morgan fingerprint density at radius 3 is 2.56 bits per heavy atom. The van der Waals surface area contributed by atoms with Crippen LogP contribution in [0.4, 0.5) is 14.5 Å². The number of aldehydes is 1. The molecule has 0 fully saturated rings. The van der Waals surface area contributed by atoms with E-state index in [4.69, 9.17) is 0 Å². The minimum Gasteiger partial charge on any atom is -0.493 e. The van der Waals surface area contributed by atoms with Gasteiger partial charge in [0, 0.05) is 6.92 Å². The first-order chi connectivity index (χ1) is 7.51. The second-order valence-electron chi connectivity index (χ2n) is 2.97. The molecule has 0 atom stereocenters. The van der Waals surface area contributed by atoms with Crippen molar-refractivity contribution < 1.29 is 23.1 Å². The van der Waals surface area contributed by atoms with Gasteiger partial charge in [0.25, 0.3) is 0 Å². The number of ether oxygens (including phenoxy) is 1. The van der Waals surface area contributed by atoms with Crippen LogP contribution in [-0.4, -0.2) is 19.3 Å². The van der Waals surface area contributed by atoms with Gasteiger partial charge in [-0.2, -0.15) is 0 Å². The summed E-state index contributed by atoms with van der Waals surface area (Å²) in [7, 11) is 1.14. The maximum atomic E-state index is 13.6. The summed E-state index contributed by atoms with van der Waals surface area (Å²) in [5.41, 5.74) is -0.887. The van der Waals surface area contributed by atoms with Crippen LogP contribution in [0.1, 0.15) is 17.3 Å². The fraction of sp³-hybridized carbons (Fsp3) is 0.200. The lowest BCUT2D eigenvalue weighted by Crippen LogP contribution is -2.11. The zero-order valence-corrected chi connectivity index (χ0v) is 8.64. The molecule has 1 amide bonds. The summed E-state index contributed by atoms with van der Waals surface area (Å²) < 4.78 is 31.5. The molecule has 0 radical (unpaired) electrons. The zero-order valence-electron chi connectivity index (χ0n) is 8.64. The van der Waals surface area contributed by atoms with E-state index >= 15 is 0 Å². The second kappa shape index (κ2) is 4.69. The molecule has 0 saturated heterocycles. The predicted molar refractivity (Wildman–Crippen MR) is 52.6 cm³/mol. The van der Waals surface area contributed by atoms with Crippen LogP contribution >= 0.6 is 0 Å². The molecule has 0 unspecified atom stereocenters. The van der Waals surface area contributed by atoms with Crippen LogP contribution in [0, 0.1) is 11.6 Å². The Morgan fingerprint density at radius 2 is 2.12 bits per heavy atom. The summed E-state index contributed by atoms with van der Waals surface area (Å²) in [4.78, 5) is 21.2. The average Bonchev–Trinajstić information content (AvgIpc) is 2.23. The van der Waals surface area contributed by atoms with Crippen molar-refractivity contribution in [3.05, 3.63) is 23.3 Å². The number of carbonyl (C=O) groups excluding carboxylic acids is 2. The first-order valence-corrected chi connectivity index (χ1v) is 4.30. The molecule has 0 aliphatic rings. The van der Waals surface area contributed by atoms with Gasteiger partial charge in [-0.25, -0.2) is 8.78 Å². The topological polar surface area (TPSA) is 55.4 Å². The van der Waals surface area contributed by atoms with Gasteiger partial charge in [0.2, 0.25) is 5.91 Å². The van der Waals surface area contributed by atoms with Gasteiger partial charge in [0.15, 0.2) is 23.7 Å². The number of hydrogen-bond acceptors (Lipinski definition) is 3. The number of anilines is 1. The molecule has 0 bridgehead atoms. The number of amides is 1. The van der Waals surface area contributed by atoms with Crippen molar-refractivity contribution in [2.24, 2.45) is 0 Å². The van der Waals surface area contributed by atoms with Crippen molar-refractivity contribution in [1.82, 2.24) is 0 Å². The molecule has 6 heteroatoms. The predicted octanol–water partition coefficient (Wildman–Crippen LogP) is 1.74. The molecule has 0 heterocycles. The minimum atomic E-state index is -1.11. The molecular weight excluding hydrogens is 220 g/mol. The van der Waals surface area contributed by atoms with Crippen LogP contribution in [0.3, 0.4) is 0 Å². The van der Waals surface area contributed by atoms with Gasteiger partial charge in [-0.3, -0.25) is 9.59 Å². The normalized spacial score (nSPS) is 9.75. The highest BCUT2D eigenvalue weighted by Gasteiger charge is 2.19. The number of nitrogens with one attached hydrogen (secondary N) is 1. The molecule has 0 aliphatic heterocycles. The van der Waals surface area contributed by atoms with Crippen molar-refractivity contribution in [3.63, 3.8) is 0 Å². The fourth-order valence-corrected chi connectivity index (χ4v) is 1.20. The molecule has 1 aromatic rings. The van der Waals surface area contributed by atoms with E-state index in [0.717, 1.165) is 20.1 Å². The average molecular weight is 229 g/mol. The molecular formula is C10H9F2NO3. The van der Waals surface area contributed by atoms with E-state index in [2.05, 4.69) is 4.74 Å². The lowest BCUT2D eigenvalue weighted by Gasteiger charge is -2.10. The standard InChI is InChI=1S/C10H9F2NO3/c1-5(15)13-9-7(11)3-6(4-14)10(16-2)8(9)12/h3-4H,1-2H3,(H,13,15). The molecule has 1 N–H and O–H groups in total. The fourth-order valence-electron chi connectivity index (χ4n) is 1.20. The van der Waals surface area contributed by atoms with Crippen molar-refractivity contribution in [2.45, 2.75) is 6.92 Å². The zero-order chi connectivity index (χ0) is 12.3. The van der Waals surface area contributed by atoms with Crippen LogP contribution in [0.25, 0.3) is 0 Å². The molecule has 0 aliphatic carbocycles. The van der Waals surface area contributed by atoms with Gasteiger partial charge in [0.1, 0.15) is 5.69 Å². The number of carbonyl (C=O) groups is 2. The number of rotatable bonds is 3. The van der Waals surface area contributed by atoms with Crippen LogP contribution in [0.15, 0.2) is 6.07 Å². The van der Waals surface area contributed by atoms with E-state index in [9.17, 15) is 18.4 Å². The third-order valence-electron chi connectivity index (χ3n) is 1.83. The quantitative estimate of drug-likeness (QED) is 0.803. The maximum absolute atomic E-state index is 13.6. The Bertz CT molecular complexity index is 446. The molecule has 0 spiro atoms. The summed E-state index contributed by atoms with van der Waals surface area (Å²) in [6, 6.07) is 0.792. The highest BCUT2D eigenvalue weighted by molar-refractivity contribution is 5.90. The molecule has 16 heavy (non-hydrogen) atoms. The van der Waals surface area contributed by atoms with Gasteiger partial charge < -0.3 is 10.1 Å². The highest BCUT2D eigenvalue weighted by Crippen LogP contribution is 2.30. The third-order valence-corrected chi connectivity index (χ3v) is 1.83. The third kappa shape index (κ3) is 2.16. The van der Waals surface area contributed by atoms with Gasteiger partial charge in [-0.15, -0.1) is 0 Å². The van der Waals surface area contributed by atoms with E-state index in [0.29, 0.717) is 0 Å². The molecule has 1 aromatic carbocycles.